The summed E-state index contributed by atoms with van der Waals surface area (Å²) in [5.41, 5.74) is 9.24. The lowest BCUT2D eigenvalue weighted by molar-refractivity contribution is 0.201. The molecule has 0 unspecified atom stereocenters. The third-order valence-corrected chi connectivity index (χ3v) is 6.28. The van der Waals surface area contributed by atoms with Gasteiger partial charge >= 0.3 is 0 Å². The number of nitrogens with zero attached hydrogens (tertiary/aromatic N) is 1. The first kappa shape index (κ1) is 15.8. The molecule has 132 valence electrons. The third-order valence-electron chi connectivity index (χ3n) is 6.28. The summed E-state index contributed by atoms with van der Waals surface area (Å²) in [6, 6.07) is 9.15. The number of fused-ring (bicyclic) bond motifs is 2. The molecule has 3 aromatic rings. The van der Waals surface area contributed by atoms with Crippen molar-refractivity contribution in [1.82, 2.24) is 15.3 Å². The van der Waals surface area contributed by atoms with Gasteiger partial charge in [0.15, 0.2) is 0 Å². The van der Waals surface area contributed by atoms with E-state index in [1.54, 1.807) is 0 Å². The summed E-state index contributed by atoms with van der Waals surface area (Å²) in [7, 11) is 0. The van der Waals surface area contributed by atoms with Crippen LogP contribution in [-0.2, 0) is 6.42 Å². The van der Waals surface area contributed by atoms with E-state index < -0.39 is 0 Å². The zero-order valence-electron chi connectivity index (χ0n) is 15.4. The number of allylic oxidation sites excluding steroid dienone is 1. The highest BCUT2D eigenvalue weighted by Gasteiger charge is 2.37. The van der Waals surface area contributed by atoms with Gasteiger partial charge in [-0.3, -0.25) is 0 Å². The molecular weight excluding hydrogens is 318 g/mol. The predicted octanol–water partition coefficient (Wildman–Crippen LogP) is 4.87. The molecule has 0 saturated carbocycles. The molecule has 0 radical (unpaired) electrons. The Morgan fingerprint density at radius 1 is 1.08 bits per heavy atom. The molecule has 0 bridgehead atoms. The van der Waals surface area contributed by atoms with Crippen LogP contribution in [-0.4, -0.2) is 23.1 Å². The number of rotatable bonds is 1. The van der Waals surface area contributed by atoms with E-state index in [0.29, 0.717) is 5.41 Å². The Bertz CT molecular complexity index is 1010. The average Bonchev–Trinajstić information content (AvgIpc) is 3.04. The number of H-pyrrole nitrogens is 1. The van der Waals surface area contributed by atoms with E-state index in [4.69, 9.17) is 0 Å². The molecule has 5 rings (SSSR count). The molecule has 2 aromatic heterocycles. The van der Waals surface area contributed by atoms with Gasteiger partial charge in [0, 0.05) is 23.3 Å². The first-order chi connectivity index (χ1) is 12.6. The van der Waals surface area contributed by atoms with Crippen molar-refractivity contribution in [1.29, 1.82) is 0 Å². The molecular formula is C23H25N3. The maximum Gasteiger partial charge on any atom is 0.137 e. The van der Waals surface area contributed by atoms with Gasteiger partial charge in [-0.15, -0.1) is 0 Å². The maximum atomic E-state index is 4.52. The molecule has 26 heavy (non-hydrogen) atoms. The highest BCUT2D eigenvalue weighted by molar-refractivity contribution is 5.94. The predicted molar refractivity (Wildman–Crippen MR) is 108 cm³/mol. The maximum absolute atomic E-state index is 4.52. The fourth-order valence-electron chi connectivity index (χ4n) is 4.92. The largest absolute Gasteiger partial charge is 0.346 e. The van der Waals surface area contributed by atoms with Crippen LogP contribution in [0, 0.1) is 12.3 Å². The normalized spacial score (nSPS) is 19.0. The minimum atomic E-state index is 0.409. The second kappa shape index (κ2) is 5.82. The van der Waals surface area contributed by atoms with Gasteiger partial charge in [0.05, 0.1) is 0 Å². The standard InChI is InChI=1S/C23H25N3/c1-15-9-20-21(14-26-22(20)25-13-15)17-3-4-19-16(2)11-23(12-18(19)10-17)5-7-24-8-6-23/h3-4,9-10,13-14,24H,2,5-8,11-12H2,1H3,(H,25,26). The molecule has 3 heterocycles. The van der Waals surface area contributed by atoms with Crippen LogP contribution < -0.4 is 5.32 Å². The van der Waals surface area contributed by atoms with Crippen LogP contribution in [0.4, 0.5) is 0 Å². The molecule has 3 nitrogen and oxygen atoms in total. The smallest absolute Gasteiger partial charge is 0.137 e. The van der Waals surface area contributed by atoms with Gasteiger partial charge in [-0.1, -0.05) is 24.8 Å². The molecule has 1 spiro atoms. The van der Waals surface area contributed by atoms with Crippen LogP contribution in [0.1, 0.15) is 36.0 Å². The van der Waals surface area contributed by atoms with Gasteiger partial charge < -0.3 is 10.3 Å². The minimum Gasteiger partial charge on any atom is -0.346 e. The van der Waals surface area contributed by atoms with E-state index in [9.17, 15) is 0 Å². The summed E-state index contributed by atoms with van der Waals surface area (Å²) < 4.78 is 0. The summed E-state index contributed by atoms with van der Waals surface area (Å²) in [6.07, 6.45) is 8.85. The fourth-order valence-corrected chi connectivity index (χ4v) is 4.92. The van der Waals surface area contributed by atoms with E-state index in [1.165, 1.54) is 58.0 Å². The second-order valence-corrected chi connectivity index (χ2v) is 8.19. The van der Waals surface area contributed by atoms with Crippen LogP contribution >= 0.6 is 0 Å². The molecule has 0 atom stereocenters. The lowest BCUT2D eigenvalue weighted by Crippen LogP contribution is -2.40. The van der Waals surface area contributed by atoms with Gasteiger partial charge in [-0.25, -0.2) is 4.98 Å². The molecule has 2 N–H and O–H groups in total. The zero-order valence-corrected chi connectivity index (χ0v) is 15.4. The Hall–Kier alpha value is -2.39. The highest BCUT2D eigenvalue weighted by atomic mass is 14.9. The Kier molecular flexibility index (Phi) is 3.54. The Morgan fingerprint density at radius 3 is 2.77 bits per heavy atom. The van der Waals surface area contributed by atoms with Crippen molar-refractivity contribution >= 4 is 16.6 Å². The molecule has 1 saturated heterocycles. The van der Waals surface area contributed by atoms with Gasteiger partial charge in [-0.2, -0.15) is 0 Å². The summed E-state index contributed by atoms with van der Waals surface area (Å²) in [6.45, 7) is 8.79. The topological polar surface area (TPSA) is 40.7 Å². The third kappa shape index (κ3) is 2.50. The molecule has 1 aliphatic heterocycles. The van der Waals surface area contributed by atoms with Crippen molar-refractivity contribution in [2.45, 2.75) is 32.6 Å². The van der Waals surface area contributed by atoms with Crippen LogP contribution in [0.25, 0.3) is 27.7 Å². The van der Waals surface area contributed by atoms with Crippen LogP contribution in [0.3, 0.4) is 0 Å². The van der Waals surface area contributed by atoms with Crippen LogP contribution in [0.5, 0.6) is 0 Å². The number of aryl methyl sites for hydroxylation is 1. The van der Waals surface area contributed by atoms with E-state index in [0.717, 1.165) is 25.2 Å². The molecule has 3 heteroatoms. The second-order valence-electron chi connectivity index (χ2n) is 8.19. The van der Waals surface area contributed by atoms with E-state index in [-0.39, 0.29) is 0 Å². The number of hydrogen-bond donors (Lipinski definition) is 2. The van der Waals surface area contributed by atoms with Crippen molar-refractivity contribution in [3.05, 3.63) is 59.9 Å². The summed E-state index contributed by atoms with van der Waals surface area (Å²) in [5, 5.41) is 4.72. The molecule has 1 aliphatic carbocycles. The monoisotopic (exact) mass is 343 g/mol. The van der Waals surface area contributed by atoms with Crippen molar-refractivity contribution < 1.29 is 0 Å². The average molecular weight is 343 g/mol. The van der Waals surface area contributed by atoms with Gasteiger partial charge in [0.1, 0.15) is 5.65 Å². The number of nitrogens with one attached hydrogen (secondary N) is 2. The van der Waals surface area contributed by atoms with Crippen molar-refractivity contribution in [2.75, 3.05) is 13.1 Å². The van der Waals surface area contributed by atoms with Gasteiger partial charge in [0.25, 0.3) is 0 Å². The molecule has 1 aromatic carbocycles. The number of piperidine rings is 1. The summed E-state index contributed by atoms with van der Waals surface area (Å²) in [4.78, 5) is 7.84. The molecule has 1 fully saturated rings. The van der Waals surface area contributed by atoms with E-state index in [2.05, 4.69) is 59.2 Å². The van der Waals surface area contributed by atoms with Crippen molar-refractivity contribution in [3.63, 3.8) is 0 Å². The first-order valence-corrected chi connectivity index (χ1v) is 9.60. The van der Waals surface area contributed by atoms with Crippen molar-refractivity contribution in [3.8, 4) is 11.1 Å². The molecule has 0 amide bonds. The van der Waals surface area contributed by atoms with E-state index in [1.807, 2.05) is 6.20 Å². The van der Waals surface area contributed by atoms with Crippen molar-refractivity contribution in [2.24, 2.45) is 5.41 Å². The fraction of sp³-hybridized carbons (Fsp3) is 0.348. The lowest BCUT2D eigenvalue weighted by atomic mass is 9.65. The Morgan fingerprint density at radius 2 is 1.92 bits per heavy atom. The van der Waals surface area contributed by atoms with Gasteiger partial charge in [-0.05, 0) is 85.0 Å². The lowest BCUT2D eigenvalue weighted by Gasteiger charge is -2.42. The van der Waals surface area contributed by atoms with Crippen LogP contribution in [0.15, 0.2) is 43.2 Å². The Balaban J connectivity index is 1.59. The van der Waals surface area contributed by atoms with Crippen LogP contribution in [0.2, 0.25) is 0 Å². The van der Waals surface area contributed by atoms with Gasteiger partial charge in [0.2, 0.25) is 0 Å². The minimum absolute atomic E-state index is 0.409. The number of aromatic nitrogens is 2. The zero-order chi connectivity index (χ0) is 17.7. The number of benzene rings is 1. The Labute approximate surface area is 154 Å². The number of aromatic amines is 1. The quantitative estimate of drug-likeness (QED) is 0.662. The van der Waals surface area contributed by atoms with E-state index >= 15 is 0 Å². The number of hydrogen-bond acceptors (Lipinski definition) is 2. The molecule has 2 aliphatic rings. The first-order valence-electron chi connectivity index (χ1n) is 9.60. The summed E-state index contributed by atoms with van der Waals surface area (Å²) in [5.74, 6) is 0. The SMILES string of the molecule is C=C1CC2(CCNCC2)Cc2cc(-c3c[nH]c4ncc(C)cc34)ccc21. The highest BCUT2D eigenvalue weighted by Crippen LogP contribution is 2.47. The summed E-state index contributed by atoms with van der Waals surface area (Å²) >= 11 is 0. The number of pyridine rings is 1.